The molecule has 0 heterocycles. The van der Waals surface area contributed by atoms with Gasteiger partial charge in [0.05, 0.1) is 5.71 Å². The number of allylic oxidation sites excluding steroid dienone is 2. The molecule has 5 aliphatic rings. The highest BCUT2D eigenvalue weighted by Crippen LogP contribution is 2.74. The van der Waals surface area contributed by atoms with Crippen molar-refractivity contribution in [3.63, 3.8) is 0 Å². The quantitative estimate of drug-likeness (QED) is 0.511. The number of fused-ring (bicyclic) bond motifs is 7. The van der Waals surface area contributed by atoms with Crippen molar-refractivity contribution in [1.82, 2.24) is 0 Å². The summed E-state index contributed by atoms with van der Waals surface area (Å²) in [6.07, 6.45) is 16.1. The Hall–Kier alpha value is -1.12. The van der Waals surface area contributed by atoms with Gasteiger partial charge in [-0.05, 0) is 105 Å². The minimum Gasteiger partial charge on any atom is -0.399 e. The molecule has 0 aromatic rings. The lowest BCUT2D eigenvalue weighted by Crippen LogP contribution is -2.55. The molecule has 0 saturated heterocycles. The Bertz CT molecular complexity index is 769. The van der Waals surface area contributed by atoms with Gasteiger partial charge in [-0.15, -0.1) is 0 Å². The second kappa shape index (κ2) is 6.69. The first kappa shape index (κ1) is 19.8. The predicted molar refractivity (Wildman–Crippen MR) is 117 cm³/mol. The van der Waals surface area contributed by atoms with Crippen LogP contribution in [0.3, 0.4) is 0 Å². The summed E-state index contributed by atoms with van der Waals surface area (Å²) in [5.41, 5.74) is 3.30. The molecule has 4 saturated carbocycles. The van der Waals surface area contributed by atoms with E-state index in [1.807, 2.05) is 6.92 Å². The summed E-state index contributed by atoms with van der Waals surface area (Å²) in [4.78, 5) is 18.2. The first-order valence-corrected chi connectivity index (χ1v) is 12.2. The number of Topliss-reactive ketones (excluding diaryl/α,β-unsaturated/α-hetero) is 1. The number of nitrogens with zero attached hydrogens (tertiary/aromatic N) is 1. The molecule has 0 aliphatic heterocycles. The van der Waals surface area contributed by atoms with Gasteiger partial charge < -0.3 is 4.84 Å². The third-order valence-electron chi connectivity index (χ3n) is 10.8. The summed E-state index contributed by atoms with van der Waals surface area (Å²) in [5, 5.41) is 4.25. The number of oxime groups is 1. The van der Waals surface area contributed by atoms with E-state index in [-0.39, 0.29) is 10.8 Å². The van der Waals surface area contributed by atoms with Crippen LogP contribution in [0.5, 0.6) is 0 Å². The van der Waals surface area contributed by atoms with E-state index in [4.69, 9.17) is 4.84 Å². The number of ketones is 1. The van der Waals surface area contributed by atoms with Gasteiger partial charge in [-0.2, -0.15) is 0 Å². The van der Waals surface area contributed by atoms with Crippen LogP contribution in [0.15, 0.2) is 16.8 Å². The molecule has 4 fully saturated rings. The van der Waals surface area contributed by atoms with E-state index in [1.54, 1.807) is 12.7 Å². The normalized spacial score (nSPS) is 50.1. The van der Waals surface area contributed by atoms with E-state index in [0.717, 1.165) is 36.3 Å². The zero-order valence-corrected chi connectivity index (χ0v) is 18.9. The smallest absolute Gasteiger partial charge is 0.136 e. The third-order valence-corrected chi connectivity index (χ3v) is 10.8. The predicted octanol–water partition coefficient (Wildman–Crippen LogP) is 6.33. The Balaban J connectivity index is 1.50. The summed E-state index contributed by atoms with van der Waals surface area (Å²) >= 11 is 0. The average molecular weight is 398 g/mol. The van der Waals surface area contributed by atoms with Crippen LogP contribution in [0, 0.1) is 39.9 Å². The zero-order valence-electron chi connectivity index (χ0n) is 18.9. The van der Waals surface area contributed by atoms with Gasteiger partial charge >= 0.3 is 0 Å². The van der Waals surface area contributed by atoms with Gasteiger partial charge in [0.25, 0.3) is 0 Å². The first-order chi connectivity index (χ1) is 13.9. The monoisotopic (exact) mass is 397 g/mol. The summed E-state index contributed by atoms with van der Waals surface area (Å²) in [5.74, 6) is 3.51. The number of hydrogen-bond acceptors (Lipinski definition) is 3. The highest BCUT2D eigenvalue weighted by molar-refractivity contribution is 5.96. The van der Waals surface area contributed by atoms with Gasteiger partial charge in [-0.25, -0.2) is 0 Å². The molecule has 0 spiro atoms. The minimum atomic E-state index is -0.0111. The molecule has 5 aliphatic carbocycles. The van der Waals surface area contributed by atoms with E-state index in [1.165, 1.54) is 57.8 Å². The molecule has 0 N–H and O–H groups in total. The lowest BCUT2D eigenvalue weighted by molar-refractivity contribution is -0.147. The molecule has 7 atom stereocenters. The SMILES string of the molecule is CO/N=C1/C=C2CCC3C(CC[C@]4(C)C3CC3CCCCC34C(C)=O)[C@]2(C)CC1. The van der Waals surface area contributed by atoms with Gasteiger partial charge in [0.15, 0.2) is 0 Å². The zero-order chi connectivity index (χ0) is 20.4. The Morgan fingerprint density at radius 2 is 1.90 bits per heavy atom. The fourth-order valence-electron chi connectivity index (χ4n) is 9.56. The van der Waals surface area contributed by atoms with Gasteiger partial charge in [-0.1, -0.05) is 37.4 Å². The summed E-state index contributed by atoms with van der Waals surface area (Å²) in [7, 11) is 1.66. The highest BCUT2D eigenvalue weighted by atomic mass is 16.6. The van der Waals surface area contributed by atoms with Crippen molar-refractivity contribution < 1.29 is 9.63 Å². The second-order valence-corrected chi connectivity index (χ2v) is 11.4. The van der Waals surface area contributed by atoms with Gasteiger partial charge in [-0.3, -0.25) is 4.79 Å². The molecule has 29 heavy (non-hydrogen) atoms. The molecule has 0 amide bonds. The van der Waals surface area contributed by atoms with Crippen LogP contribution in [-0.4, -0.2) is 18.6 Å². The first-order valence-electron chi connectivity index (χ1n) is 12.2. The number of rotatable bonds is 2. The van der Waals surface area contributed by atoms with Crippen molar-refractivity contribution in [3.05, 3.63) is 11.6 Å². The Morgan fingerprint density at radius 3 is 2.66 bits per heavy atom. The number of hydrogen-bond donors (Lipinski definition) is 0. The van der Waals surface area contributed by atoms with Crippen molar-refractivity contribution in [2.75, 3.05) is 7.11 Å². The van der Waals surface area contributed by atoms with Gasteiger partial charge in [0.1, 0.15) is 12.9 Å². The van der Waals surface area contributed by atoms with Crippen LogP contribution in [0.2, 0.25) is 0 Å². The Morgan fingerprint density at radius 1 is 1.07 bits per heavy atom. The highest BCUT2D eigenvalue weighted by Gasteiger charge is 2.69. The lowest BCUT2D eigenvalue weighted by Gasteiger charge is -2.60. The Labute approximate surface area is 176 Å². The van der Waals surface area contributed by atoms with Crippen molar-refractivity contribution in [3.8, 4) is 0 Å². The maximum Gasteiger partial charge on any atom is 0.136 e. The molecule has 5 rings (SSSR count). The maximum absolute atomic E-state index is 13.2. The van der Waals surface area contributed by atoms with E-state index < -0.39 is 0 Å². The molecule has 0 aromatic heterocycles. The van der Waals surface area contributed by atoms with Crippen molar-refractivity contribution in [1.29, 1.82) is 0 Å². The van der Waals surface area contributed by atoms with Crippen LogP contribution in [0.25, 0.3) is 0 Å². The molecule has 3 nitrogen and oxygen atoms in total. The fourth-order valence-corrected chi connectivity index (χ4v) is 9.56. The van der Waals surface area contributed by atoms with E-state index >= 15 is 0 Å². The Kier molecular flexibility index (Phi) is 4.57. The molecule has 0 bridgehead atoms. The van der Waals surface area contributed by atoms with Crippen LogP contribution in [0.1, 0.15) is 91.4 Å². The standard InChI is InChI=1S/C26H39NO2/c1-17(28)26-12-6-5-7-19(26)16-23-21-9-8-18-15-20(27-29-4)10-13-24(18,2)22(21)11-14-25(23,26)3/h15,19,21-23H,5-14,16H2,1-4H3/b27-20+/t19?,21?,22?,23?,24-,25-,26?/m1/s1. The topological polar surface area (TPSA) is 38.7 Å². The van der Waals surface area contributed by atoms with E-state index in [0.29, 0.717) is 17.1 Å². The minimum absolute atomic E-state index is 0.0111. The molecular formula is C26H39NO2. The fraction of sp³-hybridized carbons (Fsp3) is 0.846. The molecule has 0 aromatic carbocycles. The number of carbonyl (C=O) groups is 1. The van der Waals surface area contributed by atoms with E-state index in [2.05, 4.69) is 25.1 Å². The van der Waals surface area contributed by atoms with Crippen LogP contribution < -0.4 is 0 Å². The van der Waals surface area contributed by atoms with Gasteiger partial charge in [0.2, 0.25) is 0 Å². The third kappa shape index (κ3) is 2.48. The maximum atomic E-state index is 13.2. The van der Waals surface area contributed by atoms with Crippen molar-refractivity contribution >= 4 is 11.5 Å². The summed E-state index contributed by atoms with van der Waals surface area (Å²) in [6.45, 7) is 7.02. The van der Waals surface area contributed by atoms with Crippen LogP contribution in [-0.2, 0) is 9.63 Å². The summed E-state index contributed by atoms with van der Waals surface area (Å²) in [6, 6.07) is 0. The molecular weight excluding hydrogens is 358 g/mol. The van der Waals surface area contributed by atoms with Crippen LogP contribution in [0.4, 0.5) is 0 Å². The van der Waals surface area contributed by atoms with Crippen molar-refractivity contribution in [2.45, 2.75) is 91.4 Å². The lowest BCUT2D eigenvalue weighted by atomic mass is 9.44. The van der Waals surface area contributed by atoms with Crippen molar-refractivity contribution in [2.24, 2.45) is 45.1 Å². The second-order valence-electron chi connectivity index (χ2n) is 11.4. The number of carbonyl (C=O) groups excluding carboxylic acids is 1. The van der Waals surface area contributed by atoms with E-state index in [9.17, 15) is 4.79 Å². The van der Waals surface area contributed by atoms with Crippen LogP contribution >= 0.6 is 0 Å². The molecule has 0 radical (unpaired) electrons. The van der Waals surface area contributed by atoms with Gasteiger partial charge in [0, 0.05) is 5.41 Å². The molecule has 160 valence electrons. The average Bonchev–Trinajstić information content (AvgIpc) is 2.98. The molecule has 5 unspecified atom stereocenters. The molecule has 3 heteroatoms. The largest absolute Gasteiger partial charge is 0.399 e. The summed E-state index contributed by atoms with van der Waals surface area (Å²) < 4.78 is 0.